The number of nitrogens with zero attached hydrogens (tertiary/aromatic N) is 3. The van der Waals surface area contributed by atoms with Crippen molar-refractivity contribution in [3.63, 3.8) is 0 Å². The Balaban J connectivity index is 2.48. The van der Waals surface area contributed by atoms with Gasteiger partial charge in [-0.2, -0.15) is 12.7 Å². The number of carbonyl (C=O) groups excluding carboxylic acids is 2. The molecule has 0 saturated heterocycles. The van der Waals surface area contributed by atoms with Gasteiger partial charge in [0.15, 0.2) is 0 Å². The largest absolute Gasteiger partial charge is 0.352 e. The molecule has 2 aromatic rings. The minimum Gasteiger partial charge on any atom is -0.352 e. The lowest BCUT2D eigenvalue weighted by atomic mass is 10.1. The molecule has 2 atom stereocenters. The van der Waals surface area contributed by atoms with Gasteiger partial charge in [-0.25, -0.2) is 4.31 Å². The van der Waals surface area contributed by atoms with Crippen LogP contribution in [0.25, 0.3) is 0 Å². The predicted octanol–water partition coefficient (Wildman–Crippen LogP) is 3.94. The van der Waals surface area contributed by atoms with Crippen LogP contribution in [0.2, 0.25) is 10.0 Å². The fraction of sp³-hybridized carbons (Fsp3) is 0.417. The van der Waals surface area contributed by atoms with Crippen LogP contribution in [-0.4, -0.2) is 62.2 Å². The Morgan fingerprint density at radius 1 is 0.971 bits per heavy atom. The van der Waals surface area contributed by atoms with Crippen LogP contribution in [0.4, 0.5) is 5.69 Å². The standard InChI is InChI=1S/C24H32Cl2N4O4S/c1-6-17(2)27-24(32)18(3)29(15-20-21(25)13-10-14-22(20)26)23(31)16-30(35(33,34)28(4)5)19-11-8-7-9-12-19/h7-14,17-18H,6,15-16H2,1-5H3,(H,27,32)/t17-,18-/m1/s1. The lowest BCUT2D eigenvalue weighted by Gasteiger charge is -2.33. The highest BCUT2D eigenvalue weighted by Gasteiger charge is 2.33. The van der Waals surface area contributed by atoms with E-state index >= 15 is 0 Å². The Morgan fingerprint density at radius 3 is 2.06 bits per heavy atom. The minimum atomic E-state index is -4.01. The summed E-state index contributed by atoms with van der Waals surface area (Å²) in [5, 5.41) is 3.55. The lowest BCUT2D eigenvalue weighted by molar-refractivity contribution is -0.139. The van der Waals surface area contributed by atoms with Crippen LogP contribution in [-0.2, 0) is 26.3 Å². The maximum absolute atomic E-state index is 13.7. The first-order valence-electron chi connectivity index (χ1n) is 11.2. The summed E-state index contributed by atoms with van der Waals surface area (Å²) in [6.07, 6.45) is 0.714. The molecular formula is C24H32Cl2N4O4S. The molecule has 0 saturated carbocycles. The number of halogens is 2. The first-order chi connectivity index (χ1) is 16.4. The second kappa shape index (κ2) is 12.6. The molecule has 0 heterocycles. The monoisotopic (exact) mass is 542 g/mol. The lowest BCUT2D eigenvalue weighted by Crippen LogP contribution is -2.53. The molecule has 0 aliphatic heterocycles. The van der Waals surface area contributed by atoms with Gasteiger partial charge in [-0.05, 0) is 44.5 Å². The third kappa shape index (κ3) is 7.33. The van der Waals surface area contributed by atoms with Crippen molar-refractivity contribution in [2.75, 3.05) is 24.9 Å². The van der Waals surface area contributed by atoms with Crippen LogP contribution >= 0.6 is 23.2 Å². The van der Waals surface area contributed by atoms with Crippen LogP contribution in [0, 0.1) is 0 Å². The summed E-state index contributed by atoms with van der Waals surface area (Å²) in [4.78, 5) is 27.9. The van der Waals surface area contributed by atoms with Crippen molar-refractivity contribution in [2.24, 2.45) is 0 Å². The molecule has 0 unspecified atom stereocenters. The van der Waals surface area contributed by atoms with Gasteiger partial charge in [0.2, 0.25) is 11.8 Å². The topological polar surface area (TPSA) is 90.0 Å². The van der Waals surface area contributed by atoms with E-state index in [1.165, 1.54) is 19.0 Å². The van der Waals surface area contributed by atoms with E-state index in [-0.39, 0.29) is 18.5 Å². The summed E-state index contributed by atoms with van der Waals surface area (Å²) in [7, 11) is -1.24. The SMILES string of the molecule is CC[C@@H](C)NC(=O)[C@@H](C)N(Cc1c(Cl)cccc1Cl)C(=O)CN(c1ccccc1)S(=O)(=O)N(C)C. The molecule has 0 bridgehead atoms. The predicted molar refractivity (Wildman–Crippen MR) is 141 cm³/mol. The van der Waals surface area contributed by atoms with Gasteiger partial charge in [0.25, 0.3) is 0 Å². The molecule has 1 N–H and O–H groups in total. The minimum absolute atomic E-state index is 0.0723. The number of carbonyl (C=O) groups is 2. The number of rotatable bonds is 11. The van der Waals surface area contributed by atoms with Gasteiger partial charge in [-0.1, -0.05) is 54.4 Å². The smallest absolute Gasteiger partial charge is 0.304 e. The number of nitrogens with one attached hydrogen (secondary N) is 1. The number of hydrogen-bond acceptors (Lipinski definition) is 4. The Hall–Kier alpha value is -2.33. The number of para-hydroxylation sites is 1. The van der Waals surface area contributed by atoms with Crippen molar-refractivity contribution in [1.29, 1.82) is 0 Å². The third-order valence-corrected chi connectivity index (χ3v) is 8.15. The molecule has 35 heavy (non-hydrogen) atoms. The Kier molecular flexibility index (Phi) is 10.4. The fourth-order valence-electron chi connectivity index (χ4n) is 3.21. The van der Waals surface area contributed by atoms with Gasteiger partial charge in [-0.3, -0.25) is 9.59 Å². The Morgan fingerprint density at radius 2 is 1.54 bits per heavy atom. The number of hydrogen-bond donors (Lipinski definition) is 1. The summed E-state index contributed by atoms with van der Waals surface area (Å²) < 4.78 is 28.2. The van der Waals surface area contributed by atoms with Gasteiger partial charge >= 0.3 is 10.2 Å². The van der Waals surface area contributed by atoms with Gasteiger partial charge in [-0.15, -0.1) is 0 Å². The Labute approximate surface area is 218 Å². The molecule has 0 radical (unpaired) electrons. The second-order valence-corrected chi connectivity index (χ2v) is 11.2. The fourth-order valence-corrected chi connectivity index (χ4v) is 4.79. The van der Waals surface area contributed by atoms with E-state index in [0.717, 1.165) is 8.61 Å². The summed E-state index contributed by atoms with van der Waals surface area (Å²) >= 11 is 12.7. The molecule has 0 spiro atoms. The van der Waals surface area contributed by atoms with E-state index in [2.05, 4.69) is 5.32 Å². The second-order valence-electron chi connectivity index (χ2n) is 8.35. The normalized spacial score (nSPS) is 13.3. The van der Waals surface area contributed by atoms with Crippen LogP contribution in [0.15, 0.2) is 48.5 Å². The van der Waals surface area contributed by atoms with Gasteiger partial charge in [0.05, 0.1) is 5.69 Å². The number of anilines is 1. The number of benzene rings is 2. The van der Waals surface area contributed by atoms with Gasteiger partial charge in [0, 0.05) is 42.3 Å². The number of amides is 2. The zero-order valence-electron chi connectivity index (χ0n) is 20.5. The summed E-state index contributed by atoms with van der Waals surface area (Å²) in [6, 6.07) is 12.3. The molecule has 2 amide bonds. The van der Waals surface area contributed by atoms with E-state index < -0.39 is 28.7 Å². The Bertz CT molecular complexity index is 1110. The van der Waals surface area contributed by atoms with E-state index in [4.69, 9.17) is 23.2 Å². The molecule has 11 heteroatoms. The average Bonchev–Trinajstić information content (AvgIpc) is 2.82. The summed E-state index contributed by atoms with van der Waals surface area (Å²) in [5.74, 6) is -0.945. The molecule has 0 aliphatic rings. The van der Waals surface area contributed by atoms with E-state index in [0.29, 0.717) is 27.7 Å². The highest BCUT2D eigenvalue weighted by Crippen LogP contribution is 2.27. The van der Waals surface area contributed by atoms with Crippen LogP contribution < -0.4 is 9.62 Å². The molecule has 2 rings (SSSR count). The van der Waals surface area contributed by atoms with E-state index in [1.54, 1.807) is 55.5 Å². The van der Waals surface area contributed by atoms with Crippen molar-refractivity contribution < 1.29 is 18.0 Å². The summed E-state index contributed by atoms with van der Waals surface area (Å²) in [6.45, 7) is 4.80. The molecule has 8 nitrogen and oxygen atoms in total. The first kappa shape index (κ1) is 28.9. The zero-order chi connectivity index (χ0) is 26.3. The average molecular weight is 544 g/mol. The van der Waals surface area contributed by atoms with Crippen molar-refractivity contribution in [1.82, 2.24) is 14.5 Å². The molecular weight excluding hydrogens is 511 g/mol. The van der Waals surface area contributed by atoms with Crippen LogP contribution in [0.3, 0.4) is 0 Å². The highest BCUT2D eigenvalue weighted by molar-refractivity contribution is 7.90. The van der Waals surface area contributed by atoms with Crippen molar-refractivity contribution >= 4 is 50.9 Å². The van der Waals surface area contributed by atoms with E-state index in [1.807, 2.05) is 13.8 Å². The molecule has 2 aromatic carbocycles. The van der Waals surface area contributed by atoms with Crippen molar-refractivity contribution in [2.45, 2.75) is 45.8 Å². The molecule has 0 fully saturated rings. The van der Waals surface area contributed by atoms with Crippen molar-refractivity contribution in [3.05, 3.63) is 64.1 Å². The highest BCUT2D eigenvalue weighted by atomic mass is 35.5. The quantitative estimate of drug-likeness (QED) is 0.465. The first-order valence-corrected chi connectivity index (χ1v) is 13.3. The van der Waals surface area contributed by atoms with Gasteiger partial charge < -0.3 is 10.2 Å². The summed E-state index contributed by atoms with van der Waals surface area (Å²) in [5.41, 5.74) is 0.788. The molecule has 0 aromatic heterocycles. The maximum atomic E-state index is 13.7. The maximum Gasteiger partial charge on any atom is 0.304 e. The zero-order valence-corrected chi connectivity index (χ0v) is 22.9. The van der Waals surface area contributed by atoms with E-state index in [9.17, 15) is 18.0 Å². The molecule has 0 aliphatic carbocycles. The van der Waals surface area contributed by atoms with Crippen molar-refractivity contribution in [3.8, 4) is 0 Å². The van der Waals surface area contributed by atoms with Crippen LogP contribution in [0.5, 0.6) is 0 Å². The molecule has 192 valence electrons. The third-order valence-electron chi connectivity index (χ3n) is 5.62. The van der Waals surface area contributed by atoms with Crippen LogP contribution in [0.1, 0.15) is 32.8 Å². The van der Waals surface area contributed by atoms with Gasteiger partial charge in [0.1, 0.15) is 12.6 Å².